The fourth-order valence-electron chi connectivity index (χ4n) is 2.30. The van der Waals surface area contributed by atoms with Crippen molar-refractivity contribution in [1.82, 2.24) is 9.55 Å². The number of nitrogens with zero attached hydrogens (tertiary/aromatic N) is 2. The Balaban J connectivity index is 2.05. The van der Waals surface area contributed by atoms with E-state index < -0.39 is 31.2 Å². The maximum atomic E-state index is 14.1. The number of halogens is 3. The molecule has 0 aliphatic carbocycles. The average molecular weight is 321 g/mol. The van der Waals surface area contributed by atoms with E-state index in [0.29, 0.717) is 21.1 Å². The van der Waals surface area contributed by atoms with Gasteiger partial charge in [-0.15, -0.1) is 0 Å². The highest BCUT2D eigenvalue weighted by atomic mass is 35.5. The van der Waals surface area contributed by atoms with Gasteiger partial charge >= 0.3 is 0 Å². The fourth-order valence-corrected chi connectivity index (χ4v) is 2.62. The molecule has 0 unspecified atom stereocenters. The molecule has 0 saturated carbocycles. The third-order valence-corrected chi connectivity index (χ3v) is 4.09. The van der Waals surface area contributed by atoms with Gasteiger partial charge in [0.1, 0.15) is 12.2 Å². The van der Waals surface area contributed by atoms with Crippen molar-refractivity contribution in [2.75, 3.05) is 6.61 Å². The van der Waals surface area contributed by atoms with Crippen molar-refractivity contribution in [3.8, 4) is 0 Å². The topological polar surface area (TPSA) is 67.5 Å². The average Bonchev–Trinajstić information content (AvgIpc) is 2.94. The minimum Gasteiger partial charge on any atom is -0.394 e. The predicted octanol–water partition coefficient (Wildman–Crippen LogP) is 1.93. The third-order valence-electron chi connectivity index (χ3n) is 3.36. The summed E-state index contributed by atoms with van der Waals surface area (Å²) in [4.78, 5) is 4.10. The Morgan fingerprint density at radius 1 is 1.35 bits per heavy atom. The van der Waals surface area contributed by atoms with Gasteiger partial charge in [-0.1, -0.05) is 23.2 Å². The van der Waals surface area contributed by atoms with E-state index in [4.69, 9.17) is 33.0 Å². The third kappa shape index (κ3) is 2.08. The van der Waals surface area contributed by atoms with Crippen LogP contribution in [-0.2, 0) is 4.74 Å². The van der Waals surface area contributed by atoms with Gasteiger partial charge in [-0.2, -0.15) is 0 Å². The number of alkyl halides is 1. The van der Waals surface area contributed by atoms with Crippen molar-refractivity contribution in [3.05, 3.63) is 28.5 Å². The van der Waals surface area contributed by atoms with Crippen LogP contribution in [0, 0.1) is 0 Å². The molecular weight excluding hydrogens is 310 g/mol. The Labute approximate surface area is 123 Å². The summed E-state index contributed by atoms with van der Waals surface area (Å²) in [7, 11) is 0. The standard InChI is InChI=1S/C12H11Cl2FN2O3/c13-5-1-7-8(2-6(5)14)17(4-16-7)12-10(15)11(19)9(3-18)20-12/h1-2,4,9-12,18-19H,3H2/t9-,10+,11-,12-/m1/s1. The number of rotatable bonds is 2. The Kier molecular flexibility index (Phi) is 3.60. The number of benzene rings is 1. The van der Waals surface area contributed by atoms with Crippen molar-refractivity contribution in [2.45, 2.75) is 24.6 Å². The van der Waals surface area contributed by atoms with Crippen LogP contribution >= 0.6 is 23.2 Å². The van der Waals surface area contributed by atoms with E-state index in [1.807, 2.05) is 0 Å². The molecule has 0 amide bonds. The number of hydrogen-bond acceptors (Lipinski definition) is 4. The van der Waals surface area contributed by atoms with Crippen LogP contribution in [0.3, 0.4) is 0 Å². The molecule has 1 aliphatic heterocycles. The van der Waals surface area contributed by atoms with Gasteiger partial charge < -0.3 is 19.5 Å². The summed E-state index contributed by atoms with van der Waals surface area (Å²) < 4.78 is 20.9. The smallest absolute Gasteiger partial charge is 0.173 e. The zero-order chi connectivity index (χ0) is 14.4. The van der Waals surface area contributed by atoms with Crippen molar-refractivity contribution in [3.63, 3.8) is 0 Å². The number of aliphatic hydroxyl groups excluding tert-OH is 2. The molecule has 108 valence electrons. The van der Waals surface area contributed by atoms with Crippen LogP contribution in [-0.4, -0.2) is 44.8 Å². The van der Waals surface area contributed by atoms with Crippen LogP contribution in [0.1, 0.15) is 6.23 Å². The molecule has 1 aromatic carbocycles. The molecular formula is C12H11Cl2FN2O3. The van der Waals surface area contributed by atoms with Gasteiger partial charge in [-0.05, 0) is 12.1 Å². The highest BCUT2D eigenvalue weighted by Gasteiger charge is 2.45. The number of imidazole rings is 1. The quantitative estimate of drug-likeness (QED) is 0.887. The van der Waals surface area contributed by atoms with Crippen molar-refractivity contribution < 1.29 is 19.3 Å². The maximum Gasteiger partial charge on any atom is 0.173 e. The van der Waals surface area contributed by atoms with Crippen molar-refractivity contribution >= 4 is 34.2 Å². The minimum absolute atomic E-state index is 0.313. The first-order chi connectivity index (χ1) is 9.52. The maximum absolute atomic E-state index is 14.1. The van der Waals surface area contributed by atoms with Crippen LogP contribution in [0.15, 0.2) is 18.5 Å². The molecule has 1 aromatic heterocycles. The summed E-state index contributed by atoms with van der Waals surface area (Å²) >= 11 is 11.8. The second-order valence-electron chi connectivity index (χ2n) is 4.59. The summed E-state index contributed by atoms with van der Waals surface area (Å²) in [6, 6.07) is 3.12. The molecule has 1 fully saturated rings. The predicted molar refractivity (Wildman–Crippen MR) is 71.7 cm³/mol. The summed E-state index contributed by atoms with van der Waals surface area (Å²) in [6.07, 6.45) is -3.69. The van der Waals surface area contributed by atoms with Crippen LogP contribution in [0.5, 0.6) is 0 Å². The fraction of sp³-hybridized carbons (Fsp3) is 0.417. The van der Waals surface area contributed by atoms with E-state index in [0.717, 1.165) is 0 Å². The molecule has 20 heavy (non-hydrogen) atoms. The van der Waals surface area contributed by atoms with Crippen molar-refractivity contribution in [1.29, 1.82) is 0 Å². The summed E-state index contributed by atoms with van der Waals surface area (Å²) in [6.45, 7) is -0.461. The monoisotopic (exact) mass is 320 g/mol. The number of aromatic nitrogens is 2. The molecule has 2 heterocycles. The van der Waals surface area contributed by atoms with E-state index in [2.05, 4.69) is 4.98 Å². The van der Waals surface area contributed by atoms with Crippen LogP contribution in [0.2, 0.25) is 10.0 Å². The van der Waals surface area contributed by atoms with E-state index in [-0.39, 0.29) is 0 Å². The normalized spacial score (nSPS) is 30.2. The Morgan fingerprint density at radius 2 is 2.05 bits per heavy atom. The zero-order valence-electron chi connectivity index (χ0n) is 10.1. The van der Waals surface area contributed by atoms with E-state index in [1.54, 1.807) is 12.1 Å². The molecule has 2 aromatic rings. The molecule has 1 saturated heterocycles. The highest BCUT2D eigenvalue weighted by molar-refractivity contribution is 6.42. The van der Waals surface area contributed by atoms with Crippen LogP contribution in [0.4, 0.5) is 4.39 Å². The zero-order valence-corrected chi connectivity index (χ0v) is 11.6. The van der Waals surface area contributed by atoms with Crippen molar-refractivity contribution in [2.24, 2.45) is 0 Å². The number of fused-ring (bicyclic) bond motifs is 1. The number of hydrogen-bond donors (Lipinski definition) is 2. The minimum atomic E-state index is -1.67. The molecule has 5 nitrogen and oxygen atoms in total. The highest BCUT2D eigenvalue weighted by Crippen LogP contribution is 2.35. The second kappa shape index (κ2) is 5.13. The Bertz CT molecular complexity index is 651. The summed E-state index contributed by atoms with van der Waals surface area (Å²) in [5.41, 5.74) is 1.08. The largest absolute Gasteiger partial charge is 0.394 e. The lowest BCUT2D eigenvalue weighted by molar-refractivity contribution is -0.0457. The molecule has 8 heteroatoms. The first kappa shape index (κ1) is 14.0. The van der Waals surface area contributed by atoms with E-state index >= 15 is 0 Å². The Hall–Kier alpha value is -0.920. The molecule has 0 bridgehead atoms. The van der Waals surface area contributed by atoms with Gasteiger partial charge in [0, 0.05) is 0 Å². The molecule has 0 radical (unpaired) electrons. The first-order valence-corrected chi connectivity index (χ1v) is 6.68. The number of aliphatic hydroxyl groups is 2. The first-order valence-electron chi connectivity index (χ1n) is 5.93. The van der Waals surface area contributed by atoms with Crippen LogP contribution in [0.25, 0.3) is 11.0 Å². The summed E-state index contributed by atoms with van der Waals surface area (Å²) in [5.74, 6) is 0. The van der Waals surface area contributed by atoms with Gasteiger partial charge in [-0.25, -0.2) is 9.37 Å². The lowest BCUT2D eigenvalue weighted by atomic mass is 10.1. The lowest BCUT2D eigenvalue weighted by Gasteiger charge is -2.15. The second-order valence-corrected chi connectivity index (χ2v) is 5.40. The van der Waals surface area contributed by atoms with E-state index in [9.17, 15) is 9.50 Å². The molecule has 3 rings (SSSR count). The number of ether oxygens (including phenoxy) is 1. The van der Waals surface area contributed by atoms with Gasteiger partial charge in [0.05, 0.1) is 34.0 Å². The van der Waals surface area contributed by atoms with Gasteiger partial charge in [-0.3, -0.25) is 0 Å². The molecule has 4 atom stereocenters. The summed E-state index contributed by atoms with van der Waals surface area (Å²) in [5, 5.41) is 19.4. The Morgan fingerprint density at radius 3 is 2.70 bits per heavy atom. The van der Waals surface area contributed by atoms with Gasteiger partial charge in [0.25, 0.3) is 0 Å². The van der Waals surface area contributed by atoms with Gasteiger partial charge in [0.2, 0.25) is 0 Å². The van der Waals surface area contributed by atoms with E-state index in [1.165, 1.54) is 10.9 Å². The molecule has 1 aliphatic rings. The lowest BCUT2D eigenvalue weighted by Crippen LogP contribution is -2.30. The molecule has 2 N–H and O–H groups in total. The van der Waals surface area contributed by atoms with Gasteiger partial charge in [0.15, 0.2) is 12.4 Å². The van der Waals surface area contributed by atoms with Crippen LogP contribution < -0.4 is 0 Å². The molecule has 0 spiro atoms. The SMILES string of the molecule is OC[C@H]1O[C@@H](n2cnc3cc(Cl)c(Cl)cc32)[C@@H](F)[C@@H]1O.